The van der Waals surface area contributed by atoms with E-state index in [1.54, 1.807) is 0 Å². The molecule has 1 heterocycles. The van der Waals surface area contributed by atoms with Gasteiger partial charge in [-0.25, -0.2) is 0 Å². The number of hydrogen-bond acceptors (Lipinski definition) is 3. The van der Waals surface area contributed by atoms with Crippen molar-refractivity contribution in [1.82, 2.24) is 5.32 Å². The molecule has 16 heavy (non-hydrogen) atoms. The second-order valence-electron chi connectivity index (χ2n) is 4.08. The predicted octanol–water partition coefficient (Wildman–Crippen LogP) is 3.26. The molecule has 1 N–H and O–H groups in total. The van der Waals surface area contributed by atoms with Crippen LogP contribution in [0.1, 0.15) is 28.7 Å². The first kappa shape index (κ1) is 13.4. The van der Waals surface area contributed by atoms with E-state index in [9.17, 15) is 0 Å². The Bertz CT molecular complexity index is 344. The lowest BCUT2D eigenvalue weighted by Crippen LogP contribution is -2.02. The van der Waals surface area contributed by atoms with Gasteiger partial charge >= 0.3 is 0 Å². The van der Waals surface area contributed by atoms with Crippen LogP contribution in [0.4, 0.5) is 0 Å². The highest BCUT2D eigenvalue weighted by Crippen LogP contribution is 2.22. The smallest absolute Gasteiger partial charge is 0.0727 e. The third kappa shape index (κ3) is 4.47. The molecule has 0 aliphatic rings. The quantitative estimate of drug-likeness (QED) is 0.582. The van der Waals surface area contributed by atoms with Gasteiger partial charge < -0.3 is 10.1 Å². The summed E-state index contributed by atoms with van der Waals surface area (Å²) in [5.74, 6) is 0. The maximum atomic E-state index is 5.63. The van der Waals surface area contributed by atoms with Gasteiger partial charge in [0.15, 0.2) is 0 Å². The van der Waals surface area contributed by atoms with Gasteiger partial charge in [0.05, 0.1) is 13.2 Å². The molecule has 0 aromatic carbocycles. The second-order valence-corrected chi connectivity index (χ2v) is 5.43. The maximum Gasteiger partial charge on any atom is 0.0727 e. The fraction of sp³-hybridized carbons (Fsp3) is 0.538. The molecule has 0 atom stereocenters. The van der Waals surface area contributed by atoms with Crippen LogP contribution < -0.4 is 5.32 Å². The minimum absolute atomic E-state index is 0.722. The van der Waals surface area contributed by atoms with Crippen molar-refractivity contribution in [3.05, 3.63) is 33.5 Å². The Morgan fingerprint density at radius 2 is 2.31 bits per heavy atom. The maximum absolute atomic E-state index is 5.63. The summed E-state index contributed by atoms with van der Waals surface area (Å²) in [6.07, 6.45) is 0.951. The minimum atomic E-state index is 0.722. The lowest BCUT2D eigenvalue weighted by atomic mass is 10.2. The fourth-order valence-corrected chi connectivity index (χ4v) is 2.48. The highest BCUT2D eigenvalue weighted by Gasteiger charge is 2.04. The summed E-state index contributed by atoms with van der Waals surface area (Å²) in [5.41, 5.74) is 2.50. The lowest BCUT2D eigenvalue weighted by Gasteiger charge is -2.03. The SMILES string of the molecule is C=C(C)CCOCc1cc(CNC)sc1C. The van der Waals surface area contributed by atoms with E-state index in [4.69, 9.17) is 4.74 Å². The zero-order chi connectivity index (χ0) is 12.0. The molecule has 0 radical (unpaired) electrons. The summed E-state index contributed by atoms with van der Waals surface area (Å²) in [5, 5.41) is 3.16. The highest BCUT2D eigenvalue weighted by molar-refractivity contribution is 7.12. The molecular formula is C13H21NOS. The molecule has 1 rings (SSSR count). The summed E-state index contributed by atoms with van der Waals surface area (Å²) in [4.78, 5) is 2.74. The summed E-state index contributed by atoms with van der Waals surface area (Å²) < 4.78 is 5.63. The molecule has 0 amide bonds. The van der Waals surface area contributed by atoms with Gasteiger partial charge in [-0.3, -0.25) is 0 Å². The Labute approximate surface area is 102 Å². The molecule has 3 heteroatoms. The van der Waals surface area contributed by atoms with Crippen LogP contribution >= 0.6 is 11.3 Å². The normalized spacial score (nSPS) is 10.7. The average molecular weight is 239 g/mol. The predicted molar refractivity (Wildman–Crippen MR) is 70.9 cm³/mol. The number of nitrogens with one attached hydrogen (secondary N) is 1. The van der Waals surface area contributed by atoms with E-state index >= 15 is 0 Å². The van der Waals surface area contributed by atoms with Crippen LogP contribution in [-0.2, 0) is 17.9 Å². The van der Waals surface area contributed by atoms with Gasteiger partial charge in [0.25, 0.3) is 0 Å². The van der Waals surface area contributed by atoms with Crippen molar-refractivity contribution in [2.75, 3.05) is 13.7 Å². The highest BCUT2D eigenvalue weighted by atomic mass is 32.1. The Morgan fingerprint density at radius 1 is 1.56 bits per heavy atom. The molecule has 1 aromatic heterocycles. The van der Waals surface area contributed by atoms with Gasteiger partial charge in [-0.1, -0.05) is 5.57 Å². The molecule has 0 saturated carbocycles. The first-order valence-corrected chi connectivity index (χ1v) is 6.40. The number of hydrogen-bond donors (Lipinski definition) is 1. The van der Waals surface area contributed by atoms with Crippen molar-refractivity contribution in [3.63, 3.8) is 0 Å². The molecule has 2 nitrogen and oxygen atoms in total. The topological polar surface area (TPSA) is 21.3 Å². The number of rotatable bonds is 7. The van der Waals surface area contributed by atoms with Gasteiger partial charge in [-0.05, 0) is 38.9 Å². The summed E-state index contributed by atoms with van der Waals surface area (Å²) >= 11 is 1.84. The van der Waals surface area contributed by atoms with Gasteiger partial charge in [0.2, 0.25) is 0 Å². The molecule has 0 spiro atoms. The van der Waals surface area contributed by atoms with Crippen LogP contribution in [0.5, 0.6) is 0 Å². The second kappa shape index (κ2) is 6.84. The van der Waals surface area contributed by atoms with Crippen LogP contribution in [0.25, 0.3) is 0 Å². The fourth-order valence-electron chi connectivity index (χ4n) is 1.42. The molecule has 0 saturated heterocycles. The third-order valence-corrected chi connectivity index (χ3v) is 3.45. The van der Waals surface area contributed by atoms with Gasteiger partial charge in [-0.2, -0.15) is 0 Å². The molecule has 0 aliphatic heterocycles. The zero-order valence-electron chi connectivity index (χ0n) is 10.4. The van der Waals surface area contributed by atoms with E-state index in [0.717, 1.165) is 26.2 Å². The Hall–Kier alpha value is -0.640. The van der Waals surface area contributed by atoms with E-state index in [-0.39, 0.29) is 0 Å². The molecule has 1 aromatic rings. The lowest BCUT2D eigenvalue weighted by molar-refractivity contribution is 0.124. The Balaban J connectivity index is 2.38. The van der Waals surface area contributed by atoms with Gasteiger partial charge in [-0.15, -0.1) is 17.9 Å². The molecule has 0 fully saturated rings. The van der Waals surface area contributed by atoms with Gasteiger partial charge in [0, 0.05) is 16.3 Å². The summed E-state index contributed by atoms with van der Waals surface area (Å²) in [6.45, 7) is 10.5. The van der Waals surface area contributed by atoms with Crippen molar-refractivity contribution < 1.29 is 4.74 Å². The average Bonchev–Trinajstić information content (AvgIpc) is 2.54. The monoisotopic (exact) mass is 239 g/mol. The number of aryl methyl sites for hydroxylation is 1. The first-order chi connectivity index (χ1) is 7.63. The van der Waals surface area contributed by atoms with E-state index in [1.165, 1.54) is 20.9 Å². The van der Waals surface area contributed by atoms with Crippen LogP contribution in [0.3, 0.4) is 0 Å². The van der Waals surface area contributed by atoms with Crippen molar-refractivity contribution in [1.29, 1.82) is 0 Å². The van der Waals surface area contributed by atoms with Crippen molar-refractivity contribution >= 4 is 11.3 Å². The van der Waals surface area contributed by atoms with Crippen molar-refractivity contribution in [2.24, 2.45) is 0 Å². The van der Waals surface area contributed by atoms with E-state index in [1.807, 2.05) is 25.3 Å². The van der Waals surface area contributed by atoms with Crippen LogP contribution in [0, 0.1) is 6.92 Å². The summed E-state index contributed by atoms with van der Waals surface area (Å²) in [7, 11) is 1.97. The van der Waals surface area contributed by atoms with Crippen LogP contribution in [-0.4, -0.2) is 13.7 Å². The molecule has 0 aliphatic carbocycles. The third-order valence-electron chi connectivity index (χ3n) is 2.35. The first-order valence-electron chi connectivity index (χ1n) is 5.58. The van der Waals surface area contributed by atoms with E-state index < -0.39 is 0 Å². The largest absolute Gasteiger partial charge is 0.376 e. The van der Waals surface area contributed by atoms with Crippen molar-refractivity contribution in [2.45, 2.75) is 33.4 Å². The number of ether oxygens (including phenoxy) is 1. The minimum Gasteiger partial charge on any atom is -0.376 e. The van der Waals surface area contributed by atoms with E-state index in [0.29, 0.717) is 0 Å². The van der Waals surface area contributed by atoms with Crippen LogP contribution in [0.2, 0.25) is 0 Å². The van der Waals surface area contributed by atoms with Crippen LogP contribution in [0.15, 0.2) is 18.2 Å². The van der Waals surface area contributed by atoms with Gasteiger partial charge in [0.1, 0.15) is 0 Å². The zero-order valence-corrected chi connectivity index (χ0v) is 11.2. The number of thiophene rings is 1. The Kier molecular flexibility index (Phi) is 5.74. The van der Waals surface area contributed by atoms with Crippen molar-refractivity contribution in [3.8, 4) is 0 Å². The molecule has 90 valence electrons. The molecule has 0 unspecified atom stereocenters. The molecule has 0 bridgehead atoms. The van der Waals surface area contributed by atoms with E-state index in [2.05, 4.69) is 24.9 Å². The standard InChI is InChI=1S/C13H21NOS/c1-10(2)5-6-15-9-12-7-13(8-14-4)16-11(12)3/h7,14H,1,5-6,8-9H2,2-4H3. The molecular weight excluding hydrogens is 218 g/mol. The Morgan fingerprint density at radius 3 is 2.94 bits per heavy atom. The summed E-state index contributed by atoms with van der Waals surface area (Å²) in [6, 6.07) is 2.23.